The van der Waals surface area contributed by atoms with E-state index in [1.165, 1.54) is 29.3 Å². The Bertz CT molecular complexity index is 833. The van der Waals surface area contributed by atoms with E-state index in [1.54, 1.807) is 18.2 Å². The second-order valence-electron chi connectivity index (χ2n) is 4.02. The number of rotatable bonds is 3. The molecule has 0 spiro atoms. The van der Waals surface area contributed by atoms with Gasteiger partial charge in [-0.3, -0.25) is 0 Å². The fourth-order valence-electron chi connectivity index (χ4n) is 1.71. The second kappa shape index (κ2) is 5.63. The number of benzene rings is 1. The van der Waals surface area contributed by atoms with Crippen molar-refractivity contribution in [2.45, 2.75) is 0 Å². The number of H-pyrrole nitrogens is 1. The van der Waals surface area contributed by atoms with Crippen LogP contribution in [-0.2, 0) is 0 Å². The molecule has 5 nitrogen and oxygen atoms in total. The van der Waals surface area contributed by atoms with Crippen molar-refractivity contribution in [1.82, 2.24) is 14.9 Å². The summed E-state index contributed by atoms with van der Waals surface area (Å²) in [6.45, 7) is 0. The minimum absolute atomic E-state index is 0.174. The molecule has 0 unspecified atom stereocenters. The van der Waals surface area contributed by atoms with E-state index in [0.29, 0.717) is 11.6 Å². The van der Waals surface area contributed by atoms with Crippen molar-refractivity contribution < 1.29 is 8.81 Å². The van der Waals surface area contributed by atoms with Crippen LogP contribution in [0.25, 0.3) is 11.6 Å². The number of halogens is 2. The third-order valence-corrected chi connectivity index (χ3v) is 3.29. The Morgan fingerprint density at radius 3 is 2.95 bits per heavy atom. The molecule has 2 heterocycles. The molecule has 2 aromatic heterocycles. The first-order chi connectivity index (χ1) is 10.2. The Morgan fingerprint density at radius 1 is 1.38 bits per heavy atom. The average Bonchev–Trinajstić information content (AvgIpc) is 3.08. The molecule has 0 fully saturated rings. The molecule has 0 aliphatic carbocycles. The van der Waals surface area contributed by atoms with E-state index in [2.05, 4.69) is 15.3 Å². The molecule has 0 radical (unpaired) electrons. The molecule has 0 saturated heterocycles. The number of hydrogen-bond acceptors (Lipinski definition) is 4. The molecule has 106 valence electrons. The number of nitrogens with zero attached hydrogens (tertiary/aromatic N) is 3. The third-order valence-electron chi connectivity index (χ3n) is 2.69. The SMILES string of the molecule is Fc1cccc(Cl)c1/C=N/n1c(-c2ccco2)n[nH]c1=S. The molecule has 0 bridgehead atoms. The largest absolute Gasteiger partial charge is 0.461 e. The van der Waals surface area contributed by atoms with Gasteiger partial charge in [0.1, 0.15) is 5.82 Å². The summed E-state index contributed by atoms with van der Waals surface area (Å²) < 4.78 is 20.5. The summed E-state index contributed by atoms with van der Waals surface area (Å²) in [5.41, 5.74) is 0.174. The van der Waals surface area contributed by atoms with Crippen LogP contribution in [0.5, 0.6) is 0 Å². The van der Waals surface area contributed by atoms with Crippen LogP contribution in [0.4, 0.5) is 4.39 Å². The Balaban J connectivity index is 2.05. The summed E-state index contributed by atoms with van der Waals surface area (Å²) in [5.74, 6) is 0.397. The first-order valence-corrected chi connectivity index (χ1v) is 6.65. The molecule has 0 aliphatic rings. The van der Waals surface area contributed by atoms with Crippen molar-refractivity contribution >= 4 is 30.0 Å². The van der Waals surface area contributed by atoms with Crippen LogP contribution < -0.4 is 0 Å². The zero-order valence-corrected chi connectivity index (χ0v) is 12.0. The van der Waals surface area contributed by atoms with Crippen molar-refractivity contribution in [3.63, 3.8) is 0 Å². The Morgan fingerprint density at radius 2 is 2.24 bits per heavy atom. The molecule has 0 amide bonds. The molecule has 1 N–H and O–H groups in total. The Kier molecular flexibility index (Phi) is 3.68. The predicted octanol–water partition coefficient (Wildman–Crippen LogP) is 3.88. The number of aromatic nitrogens is 3. The van der Waals surface area contributed by atoms with E-state index < -0.39 is 5.82 Å². The van der Waals surface area contributed by atoms with Gasteiger partial charge < -0.3 is 4.42 Å². The number of furan rings is 1. The van der Waals surface area contributed by atoms with Crippen LogP contribution >= 0.6 is 23.8 Å². The maximum Gasteiger partial charge on any atom is 0.219 e. The van der Waals surface area contributed by atoms with Crippen LogP contribution in [0, 0.1) is 10.6 Å². The lowest BCUT2D eigenvalue weighted by Crippen LogP contribution is -1.96. The first kappa shape index (κ1) is 13.7. The number of aromatic amines is 1. The molecule has 1 aromatic carbocycles. The van der Waals surface area contributed by atoms with E-state index in [9.17, 15) is 4.39 Å². The van der Waals surface area contributed by atoms with Crippen molar-refractivity contribution in [3.8, 4) is 11.6 Å². The molecule has 3 rings (SSSR count). The topological polar surface area (TPSA) is 59.1 Å². The van der Waals surface area contributed by atoms with Crippen LogP contribution in [0.3, 0.4) is 0 Å². The summed E-state index contributed by atoms with van der Waals surface area (Å²) in [7, 11) is 0. The minimum Gasteiger partial charge on any atom is -0.461 e. The van der Waals surface area contributed by atoms with Crippen LogP contribution in [0.1, 0.15) is 5.56 Å². The van der Waals surface area contributed by atoms with E-state index in [0.717, 1.165) is 0 Å². The van der Waals surface area contributed by atoms with Gasteiger partial charge in [-0.1, -0.05) is 17.7 Å². The predicted molar refractivity (Wildman–Crippen MR) is 79.5 cm³/mol. The normalized spacial score (nSPS) is 11.3. The van der Waals surface area contributed by atoms with Gasteiger partial charge in [-0.15, -0.1) is 5.10 Å². The van der Waals surface area contributed by atoms with Crippen molar-refractivity contribution in [3.05, 3.63) is 57.8 Å². The lowest BCUT2D eigenvalue weighted by Gasteiger charge is -2.00. The lowest BCUT2D eigenvalue weighted by molar-refractivity contribution is 0.573. The Hall–Kier alpha value is -2.25. The van der Waals surface area contributed by atoms with Gasteiger partial charge in [-0.05, 0) is 36.5 Å². The van der Waals surface area contributed by atoms with E-state index in [-0.39, 0.29) is 15.4 Å². The molecular formula is C13H8ClFN4OS. The molecule has 21 heavy (non-hydrogen) atoms. The van der Waals surface area contributed by atoms with Crippen molar-refractivity contribution in [1.29, 1.82) is 0 Å². The zero-order valence-electron chi connectivity index (χ0n) is 10.5. The highest BCUT2D eigenvalue weighted by Crippen LogP contribution is 2.19. The highest BCUT2D eigenvalue weighted by Gasteiger charge is 2.11. The lowest BCUT2D eigenvalue weighted by atomic mass is 10.2. The van der Waals surface area contributed by atoms with Crippen molar-refractivity contribution in [2.75, 3.05) is 0 Å². The van der Waals surface area contributed by atoms with Gasteiger partial charge in [0, 0.05) is 5.56 Å². The van der Waals surface area contributed by atoms with Gasteiger partial charge in [0.25, 0.3) is 0 Å². The molecule has 0 aliphatic heterocycles. The molecule has 0 atom stereocenters. The maximum atomic E-state index is 13.7. The average molecular weight is 323 g/mol. The van der Waals surface area contributed by atoms with Crippen molar-refractivity contribution in [2.24, 2.45) is 5.10 Å². The summed E-state index contributed by atoms with van der Waals surface area (Å²) in [5, 5.41) is 11.0. The smallest absolute Gasteiger partial charge is 0.219 e. The maximum absolute atomic E-state index is 13.7. The highest BCUT2D eigenvalue weighted by molar-refractivity contribution is 7.71. The second-order valence-corrected chi connectivity index (χ2v) is 4.82. The van der Waals surface area contributed by atoms with Crippen LogP contribution in [0.2, 0.25) is 5.02 Å². The van der Waals surface area contributed by atoms with Gasteiger partial charge in [0.05, 0.1) is 17.5 Å². The molecule has 0 saturated carbocycles. The van der Waals surface area contributed by atoms with Gasteiger partial charge in [-0.2, -0.15) is 9.78 Å². The summed E-state index contributed by atoms with van der Waals surface area (Å²) in [4.78, 5) is 0. The zero-order chi connectivity index (χ0) is 14.8. The van der Waals surface area contributed by atoms with E-state index in [4.69, 9.17) is 28.2 Å². The fraction of sp³-hybridized carbons (Fsp3) is 0. The summed E-state index contributed by atoms with van der Waals surface area (Å²) in [6.07, 6.45) is 2.80. The standard InChI is InChI=1S/C13H8ClFN4OS/c14-9-3-1-4-10(15)8(9)7-16-19-12(17-18-13(19)21)11-5-2-6-20-11/h1-7H,(H,18,21)/b16-7+. The monoisotopic (exact) mass is 322 g/mol. The minimum atomic E-state index is -0.471. The van der Waals surface area contributed by atoms with Gasteiger partial charge in [0.15, 0.2) is 5.76 Å². The summed E-state index contributed by atoms with van der Waals surface area (Å²) >= 11 is 11.0. The molecule has 8 heteroatoms. The molecular weight excluding hydrogens is 315 g/mol. The number of nitrogens with one attached hydrogen (secondary N) is 1. The van der Waals surface area contributed by atoms with Crippen LogP contribution in [0.15, 0.2) is 46.1 Å². The Labute approximate surface area is 128 Å². The first-order valence-electron chi connectivity index (χ1n) is 5.86. The third kappa shape index (κ3) is 2.65. The van der Waals surface area contributed by atoms with Gasteiger partial charge in [0.2, 0.25) is 10.6 Å². The van der Waals surface area contributed by atoms with E-state index in [1.807, 2.05) is 0 Å². The summed E-state index contributed by atoms with van der Waals surface area (Å²) in [6, 6.07) is 7.83. The highest BCUT2D eigenvalue weighted by atomic mass is 35.5. The number of hydrogen-bond donors (Lipinski definition) is 1. The van der Waals surface area contributed by atoms with Crippen LogP contribution in [-0.4, -0.2) is 21.1 Å². The van der Waals surface area contributed by atoms with Gasteiger partial charge >= 0.3 is 0 Å². The fourth-order valence-corrected chi connectivity index (χ4v) is 2.10. The quantitative estimate of drug-likeness (QED) is 0.588. The van der Waals surface area contributed by atoms with E-state index >= 15 is 0 Å². The van der Waals surface area contributed by atoms with Gasteiger partial charge in [-0.25, -0.2) is 9.49 Å². The molecule has 3 aromatic rings.